The van der Waals surface area contributed by atoms with E-state index < -0.39 is 23.6 Å². The lowest BCUT2D eigenvalue weighted by Gasteiger charge is -2.16. The van der Waals surface area contributed by atoms with E-state index in [-0.39, 0.29) is 11.1 Å². The van der Waals surface area contributed by atoms with E-state index in [1.54, 1.807) is 60.7 Å². The van der Waals surface area contributed by atoms with Crippen LogP contribution >= 0.6 is 0 Å². The van der Waals surface area contributed by atoms with Gasteiger partial charge in [-0.2, -0.15) is 0 Å². The number of rotatable bonds is 7. The summed E-state index contributed by atoms with van der Waals surface area (Å²) in [4.78, 5) is 55.6. The van der Waals surface area contributed by atoms with Crippen molar-refractivity contribution >= 4 is 46.4 Å². The van der Waals surface area contributed by atoms with Crippen molar-refractivity contribution in [3.63, 3.8) is 0 Å². The van der Waals surface area contributed by atoms with E-state index in [0.717, 1.165) is 46.6 Å². The zero-order valence-corrected chi connectivity index (χ0v) is 23.4. The fourth-order valence-electron chi connectivity index (χ4n) is 5.75. The van der Waals surface area contributed by atoms with Gasteiger partial charge in [-0.3, -0.25) is 19.2 Å². The number of hydrogen-bond donors (Lipinski definition) is 2. The molecule has 0 unspecified atom stereocenters. The number of aryl methyl sites for hydroxylation is 2. The van der Waals surface area contributed by atoms with E-state index in [0.29, 0.717) is 45.0 Å². The standard InChI is InChI=1S/C34H30N4O4/c1-3-5-19-7-11-23(17-29(19)35)37-31(39)25-13-9-21(15-27(25)33(37)41)22-10-14-26-28(16-22)34(42)38(32(26)40)24-12-8-20(6-4-2)30(36)18-24/h7-18H,3-6,35-36H2,1-2H3. The molecule has 210 valence electrons. The maximum atomic E-state index is 13.4. The van der Waals surface area contributed by atoms with Gasteiger partial charge in [0.25, 0.3) is 23.6 Å². The molecule has 0 radical (unpaired) electrons. The number of amides is 4. The van der Waals surface area contributed by atoms with Crippen molar-refractivity contribution < 1.29 is 19.2 Å². The van der Waals surface area contributed by atoms with Crippen LogP contribution in [-0.2, 0) is 12.8 Å². The molecule has 4 amide bonds. The lowest BCUT2D eigenvalue weighted by molar-refractivity contribution is 0.0910. The number of nitrogens with two attached hydrogens (primary N) is 2. The molecule has 6 rings (SSSR count). The van der Waals surface area contributed by atoms with E-state index in [4.69, 9.17) is 11.5 Å². The van der Waals surface area contributed by atoms with Crippen molar-refractivity contribution in [2.75, 3.05) is 21.3 Å². The molecule has 4 aromatic carbocycles. The van der Waals surface area contributed by atoms with Crippen molar-refractivity contribution in [1.82, 2.24) is 0 Å². The first-order valence-electron chi connectivity index (χ1n) is 14.1. The largest absolute Gasteiger partial charge is 0.398 e. The van der Waals surface area contributed by atoms with Crippen molar-refractivity contribution in [2.24, 2.45) is 0 Å². The van der Waals surface area contributed by atoms with Crippen LogP contribution in [0.15, 0.2) is 72.8 Å². The summed E-state index contributed by atoms with van der Waals surface area (Å²) < 4.78 is 0. The minimum absolute atomic E-state index is 0.265. The molecule has 0 fully saturated rings. The third-order valence-electron chi connectivity index (χ3n) is 7.92. The number of hydrogen-bond acceptors (Lipinski definition) is 6. The molecule has 0 atom stereocenters. The summed E-state index contributed by atoms with van der Waals surface area (Å²) in [5.74, 6) is -1.72. The normalized spacial score (nSPS) is 14.1. The average Bonchev–Trinajstić information content (AvgIpc) is 3.38. The molecule has 8 nitrogen and oxygen atoms in total. The molecule has 0 saturated carbocycles. The van der Waals surface area contributed by atoms with Gasteiger partial charge in [0.1, 0.15) is 0 Å². The van der Waals surface area contributed by atoms with E-state index in [1.807, 2.05) is 12.1 Å². The van der Waals surface area contributed by atoms with Gasteiger partial charge in [0.2, 0.25) is 0 Å². The SMILES string of the molecule is CCCc1ccc(N2C(=O)c3ccc(-c4ccc5c(c4)C(=O)N(c4ccc(CCC)c(N)c4)C5=O)cc3C2=O)cc1N. The lowest BCUT2D eigenvalue weighted by Crippen LogP contribution is -2.29. The zero-order valence-electron chi connectivity index (χ0n) is 23.4. The molecule has 42 heavy (non-hydrogen) atoms. The number of carbonyl (C=O) groups excluding carboxylic acids is 4. The fourth-order valence-corrected chi connectivity index (χ4v) is 5.75. The second kappa shape index (κ2) is 10.3. The summed E-state index contributed by atoms with van der Waals surface area (Å²) >= 11 is 0. The second-order valence-corrected chi connectivity index (χ2v) is 10.7. The Hall–Kier alpha value is -5.24. The monoisotopic (exact) mass is 558 g/mol. The topological polar surface area (TPSA) is 127 Å². The Balaban J connectivity index is 1.30. The van der Waals surface area contributed by atoms with E-state index >= 15 is 0 Å². The maximum Gasteiger partial charge on any atom is 0.266 e. The zero-order chi connectivity index (χ0) is 29.7. The van der Waals surface area contributed by atoms with Crippen LogP contribution in [0.1, 0.15) is 79.2 Å². The van der Waals surface area contributed by atoms with Gasteiger partial charge in [-0.25, -0.2) is 9.80 Å². The Labute approximate surface area is 243 Å². The molecule has 2 aliphatic heterocycles. The van der Waals surface area contributed by atoms with Gasteiger partial charge in [-0.15, -0.1) is 0 Å². The lowest BCUT2D eigenvalue weighted by atomic mass is 9.97. The smallest absolute Gasteiger partial charge is 0.266 e. The molecule has 0 spiro atoms. The van der Waals surface area contributed by atoms with Gasteiger partial charge >= 0.3 is 0 Å². The van der Waals surface area contributed by atoms with E-state index in [2.05, 4.69) is 13.8 Å². The fraction of sp³-hybridized carbons (Fsp3) is 0.176. The maximum absolute atomic E-state index is 13.4. The number of nitrogens with zero attached hydrogens (tertiary/aromatic N) is 2. The van der Waals surface area contributed by atoms with Gasteiger partial charge in [-0.05, 0) is 83.6 Å². The third kappa shape index (κ3) is 4.23. The number of fused-ring (bicyclic) bond motifs is 2. The summed E-state index contributed by atoms with van der Waals surface area (Å²) in [5.41, 5.74) is 18.7. The third-order valence-corrected chi connectivity index (χ3v) is 7.92. The number of carbonyl (C=O) groups is 4. The van der Waals surface area contributed by atoms with Gasteiger partial charge in [-0.1, -0.05) is 51.0 Å². The number of benzene rings is 4. The molecule has 0 bridgehead atoms. The van der Waals surface area contributed by atoms with Gasteiger partial charge in [0.15, 0.2) is 0 Å². The van der Waals surface area contributed by atoms with E-state index in [1.165, 1.54) is 0 Å². The van der Waals surface area contributed by atoms with Crippen molar-refractivity contribution in [2.45, 2.75) is 39.5 Å². The minimum Gasteiger partial charge on any atom is -0.398 e. The number of anilines is 4. The summed E-state index contributed by atoms with van der Waals surface area (Å²) in [5, 5.41) is 0. The quantitative estimate of drug-likeness (QED) is 0.211. The van der Waals surface area contributed by atoms with E-state index in [9.17, 15) is 19.2 Å². The first kappa shape index (κ1) is 27.0. The Morgan fingerprint density at radius 2 is 0.881 bits per heavy atom. The highest BCUT2D eigenvalue weighted by molar-refractivity contribution is 6.36. The molecular formula is C34H30N4O4. The van der Waals surface area contributed by atoms with Crippen molar-refractivity contribution in [3.8, 4) is 11.1 Å². The van der Waals surface area contributed by atoms with Gasteiger partial charge in [0, 0.05) is 11.4 Å². The van der Waals surface area contributed by atoms with Crippen LogP contribution < -0.4 is 21.3 Å². The predicted molar refractivity (Wildman–Crippen MR) is 164 cm³/mol. The molecule has 4 aromatic rings. The molecule has 2 heterocycles. The van der Waals surface area contributed by atoms with Crippen LogP contribution in [0.25, 0.3) is 11.1 Å². The van der Waals surface area contributed by atoms with Gasteiger partial charge < -0.3 is 11.5 Å². The molecule has 0 saturated heterocycles. The molecule has 2 aliphatic rings. The highest BCUT2D eigenvalue weighted by atomic mass is 16.2. The Bertz CT molecular complexity index is 1690. The first-order chi connectivity index (χ1) is 20.2. The number of imide groups is 2. The van der Waals surface area contributed by atoms with Crippen LogP contribution in [0.5, 0.6) is 0 Å². The average molecular weight is 559 g/mol. The Kier molecular flexibility index (Phi) is 6.61. The van der Waals surface area contributed by atoms with Crippen LogP contribution in [0.3, 0.4) is 0 Å². The van der Waals surface area contributed by atoms with Gasteiger partial charge in [0.05, 0.1) is 33.6 Å². The number of nitrogen functional groups attached to an aromatic ring is 2. The van der Waals surface area contributed by atoms with Crippen molar-refractivity contribution in [3.05, 3.63) is 106 Å². The van der Waals surface area contributed by atoms with Crippen molar-refractivity contribution in [1.29, 1.82) is 0 Å². The molecule has 4 N–H and O–H groups in total. The van der Waals surface area contributed by atoms with Crippen LogP contribution in [0.2, 0.25) is 0 Å². The van der Waals surface area contributed by atoms with Crippen LogP contribution in [-0.4, -0.2) is 23.6 Å². The predicted octanol–water partition coefficient (Wildman–Crippen LogP) is 6.02. The highest BCUT2D eigenvalue weighted by Crippen LogP contribution is 2.36. The summed E-state index contributed by atoms with van der Waals surface area (Å²) in [6.07, 6.45) is 3.48. The Morgan fingerprint density at radius 1 is 0.500 bits per heavy atom. The minimum atomic E-state index is -0.442. The van der Waals surface area contributed by atoms with Crippen LogP contribution in [0, 0.1) is 0 Å². The summed E-state index contributed by atoms with van der Waals surface area (Å²) in [6, 6.07) is 20.5. The molecule has 8 heteroatoms. The summed E-state index contributed by atoms with van der Waals surface area (Å²) in [7, 11) is 0. The Morgan fingerprint density at radius 3 is 1.24 bits per heavy atom. The summed E-state index contributed by atoms with van der Waals surface area (Å²) in [6.45, 7) is 4.12. The second-order valence-electron chi connectivity index (χ2n) is 10.7. The van der Waals surface area contributed by atoms with Crippen LogP contribution in [0.4, 0.5) is 22.7 Å². The molecular weight excluding hydrogens is 528 g/mol. The molecule has 0 aromatic heterocycles. The first-order valence-corrected chi connectivity index (χ1v) is 14.1. The highest BCUT2D eigenvalue weighted by Gasteiger charge is 2.39. The molecule has 0 aliphatic carbocycles.